The maximum Gasteiger partial charge on any atom is 0.412 e. The predicted molar refractivity (Wildman–Crippen MR) is 108 cm³/mol. The number of anilines is 2. The fourth-order valence-electron chi connectivity index (χ4n) is 3.38. The SMILES string of the molecule is CC(C)(C)OC(=O)Nc1c(F)cc2c3c1CCCN3C(CCl)=C(Br)C2=C=O. The molecule has 3 rings (SSSR count). The van der Waals surface area contributed by atoms with Crippen LogP contribution in [-0.4, -0.2) is 30.1 Å². The maximum atomic E-state index is 14.9. The van der Waals surface area contributed by atoms with E-state index in [2.05, 4.69) is 21.2 Å². The van der Waals surface area contributed by atoms with Crippen LogP contribution in [0.4, 0.5) is 20.6 Å². The molecule has 0 bridgehead atoms. The Kier molecular flexibility index (Phi) is 5.39. The average molecular weight is 458 g/mol. The van der Waals surface area contributed by atoms with E-state index < -0.39 is 17.5 Å². The third kappa shape index (κ3) is 3.64. The van der Waals surface area contributed by atoms with Gasteiger partial charge < -0.3 is 9.64 Å². The highest BCUT2D eigenvalue weighted by Gasteiger charge is 2.35. The number of carbonyl (C=O) groups excluding carboxylic acids is 2. The molecule has 0 fully saturated rings. The van der Waals surface area contributed by atoms with Crippen LogP contribution in [0.5, 0.6) is 0 Å². The minimum absolute atomic E-state index is 0.0740. The van der Waals surface area contributed by atoms with Gasteiger partial charge in [0.25, 0.3) is 0 Å². The zero-order valence-electron chi connectivity index (χ0n) is 15.2. The van der Waals surface area contributed by atoms with Gasteiger partial charge in [0.05, 0.1) is 27.3 Å². The van der Waals surface area contributed by atoms with E-state index in [4.69, 9.17) is 16.3 Å². The minimum Gasteiger partial charge on any atom is -0.444 e. The van der Waals surface area contributed by atoms with Gasteiger partial charge >= 0.3 is 6.09 Å². The number of hydrogen-bond donors (Lipinski definition) is 1. The van der Waals surface area contributed by atoms with Crippen molar-refractivity contribution in [1.29, 1.82) is 0 Å². The summed E-state index contributed by atoms with van der Waals surface area (Å²) in [5.74, 6) is 1.44. The Morgan fingerprint density at radius 2 is 2.19 bits per heavy atom. The zero-order valence-corrected chi connectivity index (χ0v) is 17.6. The van der Waals surface area contributed by atoms with Crippen LogP contribution in [-0.2, 0) is 16.0 Å². The summed E-state index contributed by atoms with van der Waals surface area (Å²) in [7, 11) is 0. The molecule has 2 aliphatic rings. The lowest BCUT2D eigenvalue weighted by Crippen LogP contribution is -2.35. The van der Waals surface area contributed by atoms with Crippen LogP contribution in [0.25, 0.3) is 5.57 Å². The highest BCUT2D eigenvalue weighted by atomic mass is 79.9. The van der Waals surface area contributed by atoms with Crippen molar-refractivity contribution in [3.63, 3.8) is 0 Å². The molecule has 27 heavy (non-hydrogen) atoms. The van der Waals surface area contributed by atoms with Gasteiger partial charge in [-0.25, -0.2) is 14.0 Å². The molecule has 8 heteroatoms. The van der Waals surface area contributed by atoms with E-state index in [0.717, 1.165) is 12.1 Å². The molecule has 0 aromatic heterocycles. The second-order valence-electron chi connectivity index (χ2n) is 7.36. The first kappa shape index (κ1) is 19.9. The van der Waals surface area contributed by atoms with Crippen LogP contribution in [0.15, 0.2) is 16.2 Å². The monoisotopic (exact) mass is 456 g/mol. The van der Waals surface area contributed by atoms with Crippen LogP contribution in [0.3, 0.4) is 0 Å². The number of alkyl halides is 1. The van der Waals surface area contributed by atoms with Gasteiger partial charge in [-0.1, -0.05) is 0 Å². The highest BCUT2D eigenvalue weighted by Crippen LogP contribution is 2.49. The van der Waals surface area contributed by atoms with Crippen molar-refractivity contribution >= 4 is 56.5 Å². The van der Waals surface area contributed by atoms with Crippen molar-refractivity contribution in [3.8, 4) is 0 Å². The Hall–Kier alpha value is -1.82. The zero-order chi connectivity index (χ0) is 19.9. The lowest BCUT2D eigenvalue weighted by atomic mass is 9.89. The minimum atomic E-state index is -0.731. The molecule has 1 aromatic rings. The van der Waals surface area contributed by atoms with Crippen molar-refractivity contribution in [2.45, 2.75) is 39.2 Å². The summed E-state index contributed by atoms with van der Waals surface area (Å²) in [5, 5.41) is 2.54. The van der Waals surface area contributed by atoms with Crippen LogP contribution < -0.4 is 10.2 Å². The summed E-state index contributed by atoms with van der Waals surface area (Å²) in [6.07, 6.45) is 0.576. The Morgan fingerprint density at radius 3 is 2.78 bits per heavy atom. The molecule has 0 aliphatic carbocycles. The molecule has 0 radical (unpaired) electrons. The van der Waals surface area contributed by atoms with Crippen LogP contribution in [0.2, 0.25) is 0 Å². The fourth-order valence-corrected chi connectivity index (χ4v) is 4.47. The molecular formula is C19H19BrClFN2O3. The van der Waals surface area contributed by atoms with Gasteiger partial charge in [-0.15, -0.1) is 11.6 Å². The number of ether oxygens (including phenoxy) is 1. The van der Waals surface area contributed by atoms with Gasteiger partial charge in [-0.2, -0.15) is 0 Å². The molecule has 1 aromatic carbocycles. The van der Waals surface area contributed by atoms with Crippen molar-refractivity contribution in [2.75, 3.05) is 22.6 Å². The van der Waals surface area contributed by atoms with E-state index in [1.54, 1.807) is 20.8 Å². The molecule has 2 aliphatic heterocycles. The number of halogens is 3. The predicted octanol–water partition coefficient (Wildman–Crippen LogP) is 5.00. The Morgan fingerprint density at radius 1 is 1.48 bits per heavy atom. The Balaban J connectivity index is 2.15. The van der Waals surface area contributed by atoms with Gasteiger partial charge in [-0.3, -0.25) is 5.32 Å². The molecule has 1 amide bonds. The van der Waals surface area contributed by atoms with Crippen molar-refractivity contribution in [1.82, 2.24) is 0 Å². The summed E-state index contributed by atoms with van der Waals surface area (Å²) >= 11 is 9.50. The lowest BCUT2D eigenvalue weighted by Gasteiger charge is -2.39. The molecular weight excluding hydrogens is 439 g/mol. The number of amides is 1. The Labute approximate surface area is 170 Å². The second kappa shape index (κ2) is 7.30. The van der Waals surface area contributed by atoms with Gasteiger partial charge in [-0.05, 0) is 55.6 Å². The summed E-state index contributed by atoms with van der Waals surface area (Å²) in [4.78, 5) is 25.7. The quantitative estimate of drug-likeness (QED) is 0.501. The smallest absolute Gasteiger partial charge is 0.412 e. The first-order valence-electron chi connectivity index (χ1n) is 8.51. The standard InChI is InChI=1S/C19H19BrClFN2O3/c1-19(2,3)27-18(26)23-16-10-5-4-6-24-14(8-21)15(20)12(9-25)11(17(10)24)7-13(16)22/h7H,4-6,8H2,1-3H3,(H,23,26). The first-order chi connectivity index (χ1) is 12.7. The van der Waals surface area contributed by atoms with E-state index in [9.17, 15) is 14.0 Å². The van der Waals surface area contributed by atoms with Crippen LogP contribution in [0, 0.1) is 5.82 Å². The van der Waals surface area contributed by atoms with Crippen molar-refractivity contribution in [2.24, 2.45) is 0 Å². The summed E-state index contributed by atoms with van der Waals surface area (Å²) < 4.78 is 20.7. The highest BCUT2D eigenvalue weighted by molar-refractivity contribution is 9.12. The number of nitrogens with one attached hydrogen (secondary N) is 1. The molecule has 0 unspecified atom stereocenters. The summed E-state index contributed by atoms with van der Waals surface area (Å²) in [6.45, 7) is 5.88. The number of hydrogen-bond acceptors (Lipinski definition) is 4. The van der Waals surface area contributed by atoms with E-state index in [1.165, 1.54) is 6.07 Å². The second-order valence-corrected chi connectivity index (χ2v) is 8.42. The van der Waals surface area contributed by atoms with E-state index >= 15 is 0 Å². The summed E-state index contributed by atoms with van der Waals surface area (Å²) in [5.41, 5.74) is 2.06. The van der Waals surface area contributed by atoms with Gasteiger partial charge in [0.2, 0.25) is 0 Å². The number of benzene rings is 1. The lowest BCUT2D eigenvalue weighted by molar-refractivity contribution is 0.0635. The van der Waals surface area contributed by atoms with E-state index in [0.29, 0.717) is 34.3 Å². The van der Waals surface area contributed by atoms with E-state index in [1.807, 2.05) is 10.8 Å². The number of allylic oxidation sites excluding steroid dienone is 3. The first-order valence-corrected chi connectivity index (χ1v) is 9.84. The number of nitrogens with zero attached hydrogens (tertiary/aromatic N) is 1. The van der Waals surface area contributed by atoms with E-state index in [-0.39, 0.29) is 17.1 Å². The third-order valence-corrected chi connectivity index (χ3v) is 5.46. The van der Waals surface area contributed by atoms with Crippen molar-refractivity contribution < 1.29 is 18.7 Å². The van der Waals surface area contributed by atoms with Gasteiger partial charge in [0.1, 0.15) is 17.4 Å². The third-order valence-electron chi connectivity index (χ3n) is 4.35. The van der Waals surface area contributed by atoms with Crippen molar-refractivity contribution in [3.05, 3.63) is 33.2 Å². The molecule has 5 nitrogen and oxygen atoms in total. The van der Waals surface area contributed by atoms with Gasteiger partial charge in [0.15, 0.2) is 0 Å². The summed E-state index contributed by atoms with van der Waals surface area (Å²) in [6, 6.07) is 1.25. The molecule has 2 heterocycles. The molecule has 1 N–H and O–H groups in total. The largest absolute Gasteiger partial charge is 0.444 e. The van der Waals surface area contributed by atoms with Crippen LogP contribution >= 0.6 is 27.5 Å². The normalized spacial score (nSPS) is 16.1. The average Bonchev–Trinajstić information content (AvgIpc) is 2.57. The van der Waals surface area contributed by atoms with Crippen LogP contribution in [0.1, 0.15) is 38.3 Å². The fraction of sp³-hybridized carbons (Fsp3) is 0.421. The maximum absolute atomic E-state index is 14.9. The molecule has 0 atom stereocenters. The number of carbonyl (C=O) groups is 1. The number of rotatable bonds is 2. The van der Waals surface area contributed by atoms with Gasteiger partial charge in [0, 0.05) is 23.4 Å². The molecule has 144 valence electrons. The topological polar surface area (TPSA) is 58.6 Å². The molecule has 0 saturated heterocycles. The molecule has 0 saturated carbocycles. The Bertz CT molecular complexity index is 901. The molecule has 0 spiro atoms.